The van der Waals surface area contributed by atoms with Crippen molar-refractivity contribution in [2.24, 2.45) is 5.92 Å². The summed E-state index contributed by atoms with van der Waals surface area (Å²) in [4.78, 5) is 5.07. The molecule has 3 nitrogen and oxygen atoms in total. The SMILES string of the molecule is [B]c1c([B])c(O)c([B])c(-c2ccccc2C2c3ccccc3C(c3ccccc3-n3c(CC)nc4c3C=CCC=C4)=C3C=CC=CC32)c1[B]. The molecule has 8 radical (unpaired) electrons. The van der Waals surface area contributed by atoms with Gasteiger partial charge in [-0.25, -0.2) is 4.98 Å². The zero-order valence-electron chi connectivity index (χ0n) is 27.3. The molecule has 0 amide bonds. The lowest BCUT2D eigenvalue weighted by molar-refractivity contribution is 0.484. The summed E-state index contributed by atoms with van der Waals surface area (Å²) in [5.41, 5.74) is 11.9. The molecule has 226 valence electrons. The fraction of sp³-hybridized carbons (Fsp3) is 0.119. The molecule has 2 unspecified atom stereocenters. The van der Waals surface area contributed by atoms with Crippen LogP contribution < -0.4 is 21.9 Å². The molecule has 1 heterocycles. The summed E-state index contributed by atoms with van der Waals surface area (Å²) < 4.78 is 2.33. The number of benzene rings is 4. The Balaban J connectivity index is 1.39. The van der Waals surface area contributed by atoms with E-state index in [2.05, 4.69) is 115 Å². The van der Waals surface area contributed by atoms with Crippen LogP contribution in [0, 0.1) is 5.92 Å². The number of para-hydroxylation sites is 1. The Morgan fingerprint density at radius 3 is 2.18 bits per heavy atom. The zero-order chi connectivity index (χ0) is 33.8. The van der Waals surface area contributed by atoms with Crippen LogP contribution in [0.5, 0.6) is 5.75 Å². The summed E-state index contributed by atoms with van der Waals surface area (Å²) in [5, 5.41) is 10.9. The van der Waals surface area contributed by atoms with Crippen LogP contribution in [-0.4, -0.2) is 46.0 Å². The fourth-order valence-corrected chi connectivity index (χ4v) is 7.81. The van der Waals surface area contributed by atoms with Gasteiger partial charge in [-0.3, -0.25) is 4.57 Å². The van der Waals surface area contributed by atoms with E-state index in [0.717, 1.165) is 58.0 Å². The first-order valence-corrected chi connectivity index (χ1v) is 16.7. The topological polar surface area (TPSA) is 38.0 Å². The van der Waals surface area contributed by atoms with Crippen molar-refractivity contribution < 1.29 is 5.11 Å². The Bertz CT molecular complexity index is 2290. The Kier molecular flexibility index (Phi) is 7.87. The number of aromatic hydroxyl groups is 1. The van der Waals surface area contributed by atoms with Crippen LogP contribution in [0.2, 0.25) is 0 Å². The number of phenols is 1. The number of rotatable bonds is 5. The van der Waals surface area contributed by atoms with Crippen LogP contribution >= 0.6 is 0 Å². The van der Waals surface area contributed by atoms with Gasteiger partial charge in [0, 0.05) is 23.8 Å². The average Bonchev–Trinajstić information content (AvgIpc) is 3.33. The summed E-state index contributed by atoms with van der Waals surface area (Å²) in [6.07, 6.45) is 19.1. The first kappa shape index (κ1) is 31.1. The molecule has 3 aliphatic rings. The molecule has 0 fully saturated rings. The molecule has 2 atom stereocenters. The van der Waals surface area contributed by atoms with Crippen molar-refractivity contribution in [3.05, 3.63) is 154 Å². The standard InChI is InChI=1S/C42H30B4N2O/c1-2-34-47-31-21-4-3-5-23-33(31)48(34)32-22-13-12-20-30(32)36-26-16-8-6-14-24(26)35(25-15-7-9-17-27(25)36)28-18-10-11-19-29(28)37-38(43)40(45)41(46)42(49)39(37)44/h4-24,35,49H,2-3H2,1H3. The maximum atomic E-state index is 10.9. The molecule has 0 aliphatic heterocycles. The van der Waals surface area contributed by atoms with Crippen LogP contribution in [0.1, 0.15) is 58.7 Å². The van der Waals surface area contributed by atoms with E-state index in [1.807, 2.05) is 18.2 Å². The van der Waals surface area contributed by atoms with E-state index in [4.69, 9.17) is 36.4 Å². The maximum Gasteiger partial charge on any atom is 0.119 e. The van der Waals surface area contributed by atoms with Gasteiger partial charge in [0.05, 0.1) is 17.1 Å². The summed E-state index contributed by atoms with van der Waals surface area (Å²) in [6.45, 7) is 2.16. The van der Waals surface area contributed by atoms with E-state index in [1.165, 1.54) is 16.7 Å². The number of phenolic OH excluding ortho intramolecular Hbond substituents is 1. The minimum atomic E-state index is -0.255. The molecule has 1 aromatic heterocycles. The first-order valence-electron chi connectivity index (χ1n) is 16.7. The number of imidazole rings is 1. The average molecular weight is 622 g/mol. The molecule has 1 N–H and O–H groups in total. The van der Waals surface area contributed by atoms with Gasteiger partial charge in [-0.15, -0.1) is 5.46 Å². The van der Waals surface area contributed by atoms with Gasteiger partial charge >= 0.3 is 0 Å². The molecule has 0 saturated carbocycles. The lowest BCUT2D eigenvalue weighted by Gasteiger charge is -2.38. The second kappa shape index (κ2) is 12.4. The first-order chi connectivity index (χ1) is 23.9. The zero-order valence-corrected chi connectivity index (χ0v) is 27.3. The summed E-state index contributed by atoms with van der Waals surface area (Å²) >= 11 is 0. The Hall–Kier alpha value is -5.15. The van der Waals surface area contributed by atoms with Crippen molar-refractivity contribution in [2.45, 2.75) is 25.7 Å². The third kappa shape index (κ3) is 4.90. The Morgan fingerprint density at radius 2 is 1.41 bits per heavy atom. The van der Waals surface area contributed by atoms with Gasteiger partial charge in [-0.05, 0) is 69.1 Å². The Morgan fingerprint density at radius 1 is 0.735 bits per heavy atom. The molecule has 3 aliphatic carbocycles. The number of aryl methyl sites for hydroxylation is 1. The van der Waals surface area contributed by atoms with Gasteiger partial charge in [0.1, 0.15) is 43.0 Å². The Labute approximate surface area is 293 Å². The van der Waals surface area contributed by atoms with Crippen molar-refractivity contribution >= 4 is 71.0 Å². The summed E-state index contributed by atoms with van der Waals surface area (Å²) in [5.74, 6) is 0.657. The third-order valence-electron chi connectivity index (χ3n) is 10.0. The fourth-order valence-electron chi connectivity index (χ4n) is 7.81. The number of aromatic nitrogens is 2. The van der Waals surface area contributed by atoms with Crippen LogP contribution in [0.3, 0.4) is 0 Å². The minimum absolute atomic E-state index is 0.0133. The van der Waals surface area contributed by atoms with Crippen molar-refractivity contribution in [1.82, 2.24) is 9.55 Å². The van der Waals surface area contributed by atoms with Crippen LogP contribution in [0.15, 0.2) is 115 Å². The normalized spacial score (nSPS) is 17.5. The largest absolute Gasteiger partial charge is 0.509 e. The third-order valence-corrected chi connectivity index (χ3v) is 10.0. The van der Waals surface area contributed by atoms with Gasteiger partial charge in [-0.2, -0.15) is 0 Å². The van der Waals surface area contributed by atoms with E-state index in [0.29, 0.717) is 5.56 Å². The predicted molar refractivity (Wildman–Crippen MR) is 207 cm³/mol. The van der Waals surface area contributed by atoms with Crippen molar-refractivity contribution in [1.29, 1.82) is 0 Å². The number of fused-ring (bicyclic) bond motifs is 3. The smallest absolute Gasteiger partial charge is 0.119 e. The van der Waals surface area contributed by atoms with Crippen LogP contribution in [0.4, 0.5) is 0 Å². The lowest BCUT2D eigenvalue weighted by atomic mass is 9.62. The molecule has 49 heavy (non-hydrogen) atoms. The molecule has 7 heteroatoms. The quantitative estimate of drug-likeness (QED) is 0.278. The van der Waals surface area contributed by atoms with Gasteiger partial charge in [0.2, 0.25) is 0 Å². The van der Waals surface area contributed by atoms with Crippen molar-refractivity contribution in [3.8, 4) is 22.6 Å². The van der Waals surface area contributed by atoms with Gasteiger partial charge in [0.15, 0.2) is 0 Å². The second-order valence-corrected chi connectivity index (χ2v) is 12.7. The van der Waals surface area contributed by atoms with Crippen LogP contribution in [0.25, 0.3) is 34.5 Å². The summed E-state index contributed by atoms with van der Waals surface area (Å²) in [6, 6.07) is 25.4. The highest BCUT2D eigenvalue weighted by Gasteiger charge is 2.37. The van der Waals surface area contributed by atoms with Gasteiger partial charge in [-0.1, -0.05) is 121 Å². The van der Waals surface area contributed by atoms with E-state index < -0.39 is 0 Å². The number of hydrogen-bond donors (Lipinski definition) is 1. The molecule has 4 aromatic carbocycles. The van der Waals surface area contributed by atoms with E-state index in [9.17, 15) is 5.11 Å². The van der Waals surface area contributed by atoms with Crippen molar-refractivity contribution in [2.75, 3.05) is 0 Å². The number of hydrogen-bond acceptors (Lipinski definition) is 2. The highest BCUT2D eigenvalue weighted by Crippen LogP contribution is 2.52. The van der Waals surface area contributed by atoms with Gasteiger partial charge in [0.25, 0.3) is 0 Å². The molecule has 5 aromatic rings. The molecule has 8 rings (SSSR count). The highest BCUT2D eigenvalue weighted by molar-refractivity contribution is 6.62. The molecule has 0 bridgehead atoms. The molecular formula is C42H30B4N2O. The lowest BCUT2D eigenvalue weighted by Crippen LogP contribution is -2.44. The van der Waals surface area contributed by atoms with Crippen LogP contribution in [-0.2, 0) is 6.42 Å². The number of allylic oxidation sites excluding steroid dienone is 7. The van der Waals surface area contributed by atoms with E-state index in [1.54, 1.807) is 0 Å². The van der Waals surface area contributed by atoms with Gasteiger partial charge < -0.3 is 5.11 Å². The second-order valence-electron chi connectivity index (χ2n) is 12.7. The summed E-state index contributed by atoms with van der Waals surface area (Å²) in [7, 11) is 25.5. The molecule has 0 saturated heterocycles. The monoisotopic (exact) mass is 622 g/mol. The maximum absolute atomic E-state index is 10.9. The van der Waals surface area contributed by atoms with Crippen molar-refractivity contribution in [3.63, 3.8) is 0 Å². The molecular weight excluding hydrogens is 592 g/mol. The molecule has 0 spiro atoms. The minimum Gasteiger partial charge on any atom is -0.509 e. The predicted octanol–water partition coefficient (Wildman–Crippen LogP) is 5.10. The number of nitrogens with zero attached hydrogens (tertiary/aromatic N) is 2. The van der Waals surface area contributed by atoms with E-state index in [-0.39, 0.29) is 39.4 Å². The highest BCUT2D eigenvalue weighted by atomic mass is 16.3. The van der Waals surface area contributed by atoms with E-state index >= 15 is 0 Å².